The summed E-state index contributed by atoms with van der Waals surface area (Å²) >= 11 is 6.15. The number of carbonyl (C=O) groups excluding carboxylic acids is 1. The third kappa shape index (κ3) is 4.40. The molecule has 1 amide bonds. The lowest BCUT2D eigenvalue weighted by Gasteiger charge is -2.02. The quantitative estimate of drug-likeness (QED) is 0.597. The molecule has 3 rings (SSSR count). The minimum atomic E-state index is -0.207. The van der Waals surface area contributed by atoms with Gasteiger partial charge in [-0.3, -0.25) is 4.79 Å². The number of hydrogen-bond donors (Lipinski definition) is 1. The topological polar surface area (TPSA) is 42.2 Å². The number of hydrogen-bond acceptors (Lipinski definition) is 2. The van der Waals surface area contributed by atoms with Gasteiger partial charge in [-0.15, -0.1) is 0 Å². The molecule has 1 aromatic heterocycles. The van der Waals surface area contributed by atoms with E-state index < -0.39 is 0 Å². The second kappa shape index (κ2) is 7.41. The van der Waals surface area contributed by atoms with Crippen LogP contribution >= 0.6 is 11.6 Å². The number of halogens is 1. The van der Waals surface area contributed by atoms with Gasteiger partial charge in [0.25, 0.3) is 0 Å². The van der Waals surface area contributed by atoms with Gasteiger partial charge in [0, 0.05) is 22.3 Å². The maximum atomic E-state index is 12.0. The first kappa shape index (κ1) is 17.1. The first-order valence-electron chi connectivity index (χ1n) is 7.93. The fraction of sp³-hybridized carbons (Fsp3) is 0.0952. The number of amides is 1. The average Bonchev–Trinajstić information content (AvgIpc) is 3.04. The monoisotopic (exact) mass is 351 g/mol. The summed E-state index contributed by atoms with van der Waals surface area (Å²) in [7, 11) is 0. The van der Waals surface area contributed by atoms with Gasteiger partial charge in [0.15, 0.2) is 0 Å². The number of anilines is 1. The average molecular weight is 352 g/mol. The minimum absolute atomic E-state index is 0.207. The van der Waals surface area contributed by atoms with Gasteiger partial charge in [-0.1, -0.05) is 35.9 Å². The molecule has 4 heteroatoms. The fourth-order valence-corrected chi connectivity index (χ4v) is 2.59. The van der Waals surface area contributed by atoms with Crippen LogP contribution in [0.15, 0.2) is 65.1 Å². The van der Waals surface area contributed by atoms with Gasteiger partial charge in [0.2, 0.25) is 5.91 Å². The summed E-state index contributed by atoms with van der Waals surface area (Å²) in [6.07, 6.45) is 3.09. The van der Waals surface area contributed by atoms with E-state index >= 15 is 0 Å². The standard InChI is InChI=1S/C21H18ClNO2/c1-14-4-3-5-17(12-14)23-21(24)11-9-18-8-10-20(25-18)16-7-6-15(2)19(22)13-16/h3-13H,1-2H3,(H,23,24)/b11-9+. The summed E-state index contributed by atoms with van der Waals surface area (Å²) in [5, 5.41) is 3.52. The highest BCUT2D eigenvalue weighted by molar-refractivity contribution is 6.31. The highest BCUT2D eigenvalue weighted by Crippen LogP contribution is 2.27. The Bertz CT molecular complexity index is 941. The zero-order valence-electron chi connectivity index (χ0n) is 14.0. The Morgan fingerprint density at radius 2 is 1.92 bits per heavy atom. The van der Waals surface area contributed by atoms with E-state index in [1.807, 2.05) is 68.4 Å². The van der Waals surface area contributed by atoms with Crippen molar-refractivity contribution >= 4 is 29.3 Å². The van der Waals surface area contributed by atoms with Gasteiger partial charge in [-0.25, -0.2) is 0 Å². The molecule has 0 aliphatic carbocycles. The van der Waals surface area contributed by atoms with Gasteiger partial charge in [-0.05, 0) is 61.4 Å². The normalized spacial score (nSPS) is 11.0. The van der Waals surface area contributed by atoms with Gasteiger partial charge >= 0.3 is 0 Å². The Balaban J connectivity index is 1.69. The molecule has 0 atom stereocenters. The molecule has 0 radical (unpaired) electrons. The van der Waals surface area contributed by atoms with Gasteiger partial charge in [0.05, 0.1) is 0 Å². The third-order valence-electron chi connectivity index (χ3n) is 3.77. The summed E-state index contributed by atoms with van der Waals surface area (Å²) < 4.78 is 5.76. The van der Waals surface area contributed by atoms with Crippen molar-refractivity contribution in [3.05, 3.63) is 82.6 Å². The number of carbonyl (C=O) groups is 1. The van der Waals surface area contributed by atoms with E-state index in [0.29, 0.717) is 16.5 Å². The summed E-state index contributed by atoms with van der Waals surface area (Å²) in [5.74, 6) is 1.11. The van der Waals surface area contributed by atoms with Crippen LogP contribution in [0.5, 0.6) is 0 Å². The van der Waals surface area contributed by atoms with Crippen LogP contribution in [0.25, 0.3) is 17.4 Å². The summed E-state index contributed by atoms with van der Waals surface area (Å²) in [4.78, 5) is 12.0. The smallest absolute Gasteiger partial charge is 0.248 e. The predicted octanol–water partition coefficient (Wildman–Crippen LogP) is 5.87. The van der Waals surface area contributed by atoms with E-state index in [9.17, 15) is 4.79 Å². The Labute approximate surface area is 151 Å². The largest absolute Gasteiger partial charge is 0.457 e. The van der Waals surface area contributed by atoms with Crippen LogP contribution in [0.2, 0.25) is 5.02 Å². The second-order valence-electron chi connectivity index (χ2n) is 5.86. The van der Waals surface area contributed by atoms with E-state index in [1.54, 1.807) is 6.08 Å². The van der Waals surface area contributed by atoms with Crippen molar-refractivity contribution in [3.63, 3.8) is 0 Å². The Hall–Kier alpha value is -2.78. The molecule has 0 unspecified atom stereocenters. The van der Waals surface area contributed by atoms with Crippen molar-refractivity contribution in [3.8, 4) is 11.3 Å². The lowest BCUT2D eigenvalue weighted by Crippen LogP contribution is -2.07. The summed E-state index contributed by atoms with van der Waals surface area (Å²) in [6.45, 7) is 3.93. The first-order chi connectivity index (χ1) is 12.0. The molecule has 3 aromatic rings. The Kier molecular flexibility index (Phi) is 5.05. The molecule has 0 saturated heterocycles. The van der Waals surface area contributed by atoms with Crippen LogP contribution in [0, 0.1) is 13.8 Å². The number of furan rings is 1. The molecule has 0 aliphatic heterocycles. The highest BCUT2D eigenvalue weighted by Gasteiger charge is 2.06. The van der Waals surface area contributed by atoms with Crippen molar-refractivity contribution < 1.29 is 9.21 Å². The molecule has 3 nitrogen and oxygen atoms in total. The van der Waals surface area contributed by atoms with Crippen molar-refractivity contribution in [2.24, 2.45) is 0 Å². The first-order valence-corrected chi connectivity index (χ1v) is 8.31. The maximum absolute atomic E-state index is 12.0. The Morgan fingerprint density at radius 1 is 1.08 bits per heavy atom. The van der Waals surface area contributed by atoms with Crippen LogP contribution < -0.4 is 5.32 Å². The molecule has 0 bridgehead atoms. The van der Waals surface area contributed by atoms with Gasteiger partial charge in [-0.2, -0.15) is 0 Å². The summed E-state index contributed by atoms with van der Waals surface area (Å²) in [6, 6.07) is 17.1. The van der Waals surface area contributed by atoms with Crippen LogP contribution in [0.4, 0.5) is 5.69 Å². The van der Waals surface area contributed by atoms with Crippen LogP contribution in [0.3, 0.4) is 0 Å². The molecule has 0 spiro atoms. The third-order valence-corrected chi connectivity index (χ3v) is 4.17. The van der Waals surface area contributed by atoms with Crippen LogP contribution in [-0.4, -0.2) is 5.91 Å². The molecule has 1 heterocycles. The molecule has 25 heavy (non-hydrogen) atoms. The van der Waals surface area contributed by atoms with Gasteiger partial charge < -0.3 is 9.73 Å². The molecule has 0 fully saturated rings. The van der Waals surface area contributed by atoms with Crippen molar-refractivity contribution in [2.45, 2.75) is 13.8 Å². The van der Waals surface area contributed by atoms with E-state index in [-0.39, 0.29) is 5.91 Å². The van der Waals surface area contributed by atoms with Crippen LogP contribution in [0.1, 0.15) is 16.9 Å². The highest BCUT2D eigenvalue weighted by atomic mass is 35.5. The van der Waals surface area contributed by atoms with Crippen molar-refractivity contribution in [2.75, 3.05) is 5.32 Å². The molecule has 126 valence electrons. The molecule has 2 aromatic carbocycles. The Morgan fingerprint density at radius 3 is 2.68 bits per heavy atom. The molecule has 0 saturated carbocycles. The number of nitrogens with one attached hydrogen (secondary N) is 1. The van der Waals surface area contributed by atoms with E-state index in [2.05, 4.69) is 5.32 Å². The van der Waals surface area contributed by atoms with Crippen LogP contribution in [-0.2, 0) is 4.79 Å². The van der Waals surface area contributed by atoms with E-state index in [1.165, 1.54) is 6.08 Å². The molecular weight excluding hydrogens is 334 g/mol. The minimum Gasteiger partial charge on any atom is -0.457 e. The van der Waals surface area contributed by atoms with Gasteiger partial charge in [0.1, 0.15) is 11.5 Å². The predicted molar refractivity (Wildman–Crippen MR) is 103 cm³/mol. The fourth-order valence-electron chi connectivity index (χ4n) is 2.41. The number of rotatable bonds is 4. The SMILES string of the molecule is Cc1cccc(NC(=O)/C=C/c2ccc(-c3ccc(C)c(Cl)c3)o2)c1. The van der Waals surface area contributed by atoms with Crippen molar-refractivity contribution in [1.82, 2.24) is 0 Å². The van der Waals surface area contributed by atoms with Crippen molar-refractivity contribution in [1.29, 1.82) is 0 Å². The molecule has 1 N–H and O–H groups in total. The lowest BCUT2D eigenvalue weighted by atomic mass is 10.1. The molecule has 0 aliphatic rings. The summed E-state index contributed by atoms with van der Waals surface area (Å²) in [5.41, 5.74) is 3.78. The molecular formula is C21H18ClNO2. The second-order valence-corrected chi connectivity index (χ2v) is 6.27. The zero-order valence-corrected chi connectivity index (χ0v) is 14.8. The number of aryl methyl sites for hydroxylation is 2. The number of benzene rings is 2. The lowest BCUT2D eigenvalue weighted by molar-refractivity contribution is -0.111. The maximum Gasteiger partial charge on any atom is 0.248 e. The van der Waals surface area contributed by atoms with E-state index in [0.717, 1.165) is 22.4 Å². The zero-order chi connectivity index (χ0) is 17.8. The van der Waals surface area contributed by atoms with E-state index in [4.69, 9.17) is 16.0 Å².